The van der Waals surface area contributed by atoms with E-state index >= 15 is 0 Å². The summed E-state index contributed by atoms with van der Waals surface area (Å²) in [6.07, 6.45) is -2.34. The Hall–Kier alpha value is -1.93. The molecule has 0 saturated carbocycles. The molecule has 6 nitrogen and oxygen atoms in total. The van der Waals surface area contributed by atoms with Crippen molar-refractivity contribution in [3.05, 3.63) is 11.9 Å². The molecular formula is C12H15F3N4O2. The van der Waals surface area contributed by atoms with E-state index in [1.807, 2.05) is 0 Å². The summed E-state index contributed by atoms with van der Waals surface area (Å²) in [5.41, 5.74) is -0.803. The van der Waals surface area contributed by atoms with Crippen LogP contribution in [-0.4, -0.2) is 50.9 Å². The van der Waals surface area contributed by atoms with Gasteiger partial charge in [-0.2, -0.15) is 13.2 Å². The van der Waals surface area contributed by atoms with Gasteiger partial charge >= 0.3 is 6.18 Å². The molecule has 0 atom stereocenters. The van der Waals surface area contributed by atoms with Crippen molar-refractivity contribution >= 4 is 11.7 Å². The quantitative estimate of drug-likeness (QED) is 0.789. The summed E-state index contributed by atoms with van der Waals surface area (Å²) in [6.45, 7) is 3.15. The second-order valence-electron chi connectivity index (χ2n) is 5.19. The van der Waals surface area contributed by atoms with Crippen LogP contribution in [0.4, 0.5) is 13.2 Å². The van der Waals surface area contributed by atoms with E-state index in [-0.39, 0.29) is 12.5 Å². The van der Waals surface area contributed by atoms with Gasteiger partial charge in [-0.3, -0.25) is 9.59 Å². The van der Waals surface area contributed by atoms with Gasteiger partial charge in [0.05, 0.1) is 6.20 Å². The topological polar surface area (TPSA) is 68.1 Å². The lowest BCUT2D eigenvalue weighted by atomic mass is 9.99. The highest BCUT2D eigenvalue weighted by atomic mass is 19.4. The molecule has 2 rings (SSSR count). The van der Waals surface area contributed by atoms with Gasteiger partial charge in [0.25, 0.3) is 5.78 Å². The predicted octanol–water partition coefficient (Wildman–Crippen LogP) is 1.28. The van der Waals surface area contributed by atoms with Gasteiger partial charge < -0.3 is 4.90 Å². The van der Waals surface area contributed by atoms with Gasteiger partial charge in [-0.1, -0.05) is 12.1 Å². The molecule has 0 aromatic carbocycles. The first-order chi connectivity index (χ1) is 9.77. The van der Waals surface area contributed by atoms with E-state index < -0.39 is 17.7 Å². The average molecular weight is 304 g/mol. The summed E-state index contributed by atoms with van der Waals surface area (Å²) in [7, 11) is 0. The van der Waals surface area contributed by atoms with Crippen LogP contribution in [0.3, 0.4) is 0 Å². The third kappa shape index (κ3) is 3.79. The monoisotopic (exact) mass is 304 g/mol. The van der Waals surface area contributed by atoms with Crippen LogP contribution in [-0.2, 0) is 11.3 Å². The molecule has 1 amide bonds. The molecule has 0 spiro atoms. The van der Waals surface area contributed by atoms with Gasteiger partial charge in [0, 0.05) is 13.1 Å². The number of piperidine rings is 1. The van der Waals surface area contributed by atoms with Crippen LogP contribution in [0.2, 0.25) is 0 Å². The van der Waals surface area contributed by atoms with E-state index in [0.717, 1.165) is 23.7 Å². The molecule has 2 heterocycles. The van der Waals surface area contributed by atoms with Gasteiger partial charge in [0.1, 0.15) is 6.54 Å². The standard InChI is InChI=1S/C12H15F3N4O2/c1-8-2-4-18(5-3-8)10(20)7-19-6-9(16-17-19)11(21)12(13,14)15/h6,8H,2-5,7H2,1H3. The number of likely N-dealkylation sites (tertiary alicyclic amines) is 1. The molecule has 1 fully saturated rings. The van der Waals surface area contributed by atoms with Crippen molar-refractivity contribution in [3.8, 4) is 0 Å². The highest BCUT2D eigenvalue weighted by molar-refractivity contribution is 5.98. The van der Waals surface area contributed by atoms with E-state index in [4.69, 9.17) is 0 Å². The maximum absolute atomic E-state index is 12.2. The number of Topliss-reactive ketones (excluding diaryl/α,β-unsaturated/α-hetero) is 1. The second-order valence-corrected chi connectivity index (χ2v) is 5.19. The lowest BCUT2D eigenvalue weighted by Gasteiger charge is -2.30. The number of hydrogen-bond donors (Lipinski definition) is 0. The molecule has 1 aromatic heterocycles. The van der Waals surface area contributed by atoms with Gasteiger partial charge in [-0.05, 0) is 18.8 Å². The number of ketones is 1. The van der Waals surface area contributed by atoms with Crippen molar-refractivity contribution in [2.24, 2.45) is 5.92 Å². The Morgan fingerprint density at radius 2 is 1.95 bits per heavy atom. The molecular weight excluding hydrogens is 289 g/mol. The fourth-order valence-electron chi connectivity index (χ4n) is 2.12. The molecule has 116 valence electrons. The van der Waals surface area contributed by atoms with Gasteiger partial charge in [0.2, 0.25) is 5.91 Å². The number of amides is 1. The van der Waals surface area contributed by atoms with E-state index in [0.29, 0.717) is 19.0 Å². The minimum atomic E-state index is -4.99. The largest absolute Gasteiger partial charge is 0.456 e. The number of aromatic nitrogens is 3. The number of nitrogens with zero attached hydrogens (tertiary/aromatic N) is 4. The summed E-state index contributed by atoms with van der Waals surface area (Å²) in [5.74, 6) is -1.73. The van der Waals surface area contributed by atoms with E-state index in [2.05, 4.69) is 17.2 Å². The summed E-state index contributed by atoms with van der Waals surface area (Å²) < 4.78 is 37.7. The van der Waals surface area contributed by atoms with Crippen molar-refractivity contribution in [1.82, 2.24) is 19.9 Å². The Morgan fingerprint density at radius 1 is 1.33 bits per heavy atom. The number of carbonyl (C=O) groups is 2. The van der Waals surface area contributed by atoms with Crippen LogP contribution in [0.25, 0.3) is 0 Å². The van der Waals surface area contributed by atoms with Crippen LogP contribution >= 0.6 is 0 Å². The number of alkyl halides is 3. The SMILES string of the molecule is CC1CCN(C(=O)Cn2cc(C(=O)C(F)(F)F)nn2)CC1. The fraction of sp³-hybridized carbons (Fsp3) is 0.667. The molecule has 9 heteroatoms. The van der Waals surface area contributed by atoms with Crippen LogP contribution in [0.5, 0.6) is 0 Å². The molecule has 1 aliphatic rings. The first-order valence-electron chi connectivity index (χ1n) is 6.57. The van der Waals surface area contributed by atoms with Gasteiger partial charge in [-0.25, -0.2) is 4.68 Å². The van der Waals surface area contributed by atoms with E-state index in [1.165, 1.54) is 0 Å². The molecule has 0 aliphatic carbocycles. The zero-order valence-corrected chi connectivity index (χ0v) is 11.4. The maximum Gasteiger partial charge on any atom is 0.456 e. The molecule has 1 aliphatic heterocycles. The Balaban J connectivity index is 1.96. The minimum absolute atomic E-state index is 0.216. The predicted molar refractivity (Wildman–Crippen MR) is 65.4 cm³/mol. The average Bonchev–Trinajstić information content (AvgIpc) is 2.85. The molecule has 1 aromatic rings. The smallest absolute Gasteiger partial charge is 0.341 e. The molecule has 0 N–H and O–H groups in total. The first kappa shape index (κ1) is 15.5. The van der Waals surface area contributed by atoms with Gasteiger partial charge in [0.15, 0.2) is 5.69 Å². The zero-order valence-electron chi connectivity index (χ0n) is 11.4. The Bertz CT molecular complexity index is 533. The second kappa shape index (κ2) is 5.82. The third-order valence-corrected chi connectivity index (χ3v) is 3.46. The number of carbonyl (C=O) groups excluding carboxylic acids is 2. The molecule has 1 saturated heterocycles. The summed E-state index contributed by atoms with van der Waals surface area (Å²) in [6, 6.07) is 0. The summed E-state index contributed by atoms with van der Waals surface area (Å²) in [5, 5.41) is 6.56. The number of hydrogen-bond acceptors (Lipinski definition) is 4. The minimum Gasteiger partial charge on any atom is -0.341 e. The third-order valence-electron chi connectivity index (χ3n) is 3.46. The van der Waals surface area contributed by atoms with Gasteiger partial charge in [-0.15, -0.1) is 5.10 Å². The summed E-state index contributed by atoms with van der Waals surface area (Å²) in [4.78, 5) is 24.6. The first-order valence-corrected chi connectivity index (χ1v) is 6.57. The fourth-order valence-corrected chi connectivity index (χ4v) is 2.12. The normalized spacial score (nSPS) is 17.0. The molecule has 0 unspecified atom stereocenters. The number of halogens is 3. The molecule has 0 radical (unpaired) electrons. The Morgan fingerprint density at radius 3 is 2.52 bits per heavy atom. The van der Waals surface area contributed by atoms with Crippen LogP contribution in [0, 0.1) is 5.92 Å². The van der Waals surface area contributed by atoms with Crippen LogP contribution in [0.1, 0.15) is 30.3 Å². The zero-order chi connectivity index (χ0) is 15.6. The Labute approximate surface area is 118 Å². The lowest BCUT2D eigenvalue weighted by Crippen LogP contribution is -2.39. The maximum atomic E-state index is 12.2. The lowest BCUT2D eigenvalue weighted by molar-refractivity contribution is -0.133. The van der Waals surface area contributed by atoms with Crippen molar-refractivity contribution < 1.29 is 22.8 Å². The molecule has 21 heavy (non-hydrogen) atoms. The highest BCUT2D eigenvalue weighted by Gasteiger charge is 2.41. The van der Waals surface area contributed by atoms with Crippen molar-refractivity contribution in [1.29, 1.82) is 0 Å². The van der Waals surface area contributed by atoms with E-state index in [1.54, 1.807) is 4.90 Å². The van der Waals surface area contributed by atoms with Crippen molar-refractivity contribution in [3.63, 3.8) is 0 Å². The van der Waals surface area contributed by atoms with Crippen LogP contribution in [0.15, 0.2) is 6.20 Å². The number of rotatable bonds is 3. The summed E-state index contributed by atoms with van der Waals surface area (Å²) >= 11 is 0. The highest BCUT2D eigenvalue weighted by Crippen LogP contribution is 2.20. The van der Waals surface area contributed by atoms with Crippen LogP contribution < -0.4 is 0 Å². The van der Waals surface area contributed by atoms with E-state index in [9.17, 15) is 22.8 Å². The van der Waals surface area contributed by atoms with Crippen molar-refractivity contribution in [2.75, 3.05) is 13.1 Å². The molecule has 0 bridgehead atoms. The van der Waals surface area contributed by atoms with Crippen molar-refractivity contribution in [2.45, 2.75) is 32.5 Å². The Kier molecular flexibility index (Phi) is 4.29.